The highest BCUT2D eigenvalue weighted by Crippen LogP contribution is 2.03. The summed E-state index contributed by atoms with van der Waals surface area (Å²) in [5.74, 6) is 0. The molecule has 0 amide bonds. The molecular formula is C10H16N2O2S. The Kier molecular flexibility index (Phi) is 4.26. The molecule has 0 radical (unpaired) electrons. The molecule has 84 valence electrons. The topological polar surface area (TPSA) is 63.4 Å². The molecule has 0 aliphatic rings. The van der Waals surface area contributed by atoms with E-state index in [1.54, 1.807) is 0 Å². The molecule has 0 unspecified atom stereocenters. The van der Waals surface area contributed by atoms with Gasteiger partial charge in [0.05, 0.1) is 0 Å². The van der Waals surface area contributed by atoms with E-state index in [-0.39, 0.29) is 0 Å². The third kappa shape index (κ3) is 4.42. The summed E-state index contributed by atoms with van der Waals surface area (Å²) in [6, 6.07) is 9.95. The third-order valence-corrected chi connectivity index (χ3v) is 3.27. The van der Waals surface area contributed by atoms with Crippen molar-refractivity contribution in [3.8, 4) is 0 Å². The normalized spacial score (nSPS) is 11.9. The van der Waals surface area contributed by atoms with Crippen LogP contribution in [0.1, 0.15) is 12.0 Å². The minimum atomic E-state index is -3.52. The second-order valence-corrected chi connectivity index (χ2v) is 5.11. The summed E-state index contributed by atoms with van der Waals surface area (Å²) in [7, 11) is -2.04. The van der Waals surface area contributed by atoms with Crippen molar-refractivity contribution in [2.45, 2.75) is 12.8 Å². The highest BCUT2D eigenvalue weighted by molar-refractivity contribution is 7.86. The van der Waals surface area contributed by atoms with E-state index in [0.717, 1.165) is 17.1 Å². The molecule has 4 nitrogen and oxygen atoms in total. The first-order valence-electron chi connectivity index (χ1n) is 4.78. The maximum Gasteiger partial charge on any atom is 0.276 e. The van der Waals surface area contributed by atoms with Gasteiger partial charge in [-0.15, -0.1) is 0 Å². The maximum atomic E-state index is 10.9. The van der Waals surface area contributed by atoms with Crippen molar-refractivity contribution in [3.63, 3.8) is 0 Å². The van der Waals surface area contributed by atoms with Crippen LogP contribution in [0.3, 0.4) is 0 Å². The summed E-state index contributed by atoms with van der Waals surface area (Å²) >= 11 is 0. The molecule has 0 saturated heterocycles. The van der Waals surface area contributed by atoms with Crippen molar-refractivity contribution < 1.29 is 8.42 Å². The SMILES string of the molecule is CN(CCCc1ccccc1)S(N)(=O)=O. The lowest BCUT2D eigenvalue weighted by Crippen LogP contribution is -2.34. The minimum Gasteiger partial charge on any atom is -0.216 e. The lowest BCUT2D eigenvalue weighted by Gasteiger charge is -2.12. The smallest absolute Gasteiger partial charge is 0.216 e. The molecular weight excluding hydrogens is 212 g/mol. The number of hydrogen-bond donors (Lipinski definition) is 1. The monoisotopic (exact) mass is 228 g/mol. The molecule has 5 heteroatoms. The highest BCUT2D eigenvalue weighted by Gasteiger charge is 2.09. The molecule has 0 spiro atoms. The molecule has 2 N–H and O–H groups in total. The summed E-state index contributed by atoms with van der Waals surface area (Å²) in [6.07, 6.45) is 1.64. The first kappa shape index (κ1) is 12.2. The summed E-state index contributed by atoms with van der Waals surface area (Å²) in [5.41, 5.74) is 1.21. The van der Waals surface area contributed by atoms with Crippen LogP contribution in [0.15, 0.2) is 30.3 Å². The molecule has 0 saturated carbocycles. The number of nitrogens with two attached hydrogens (primary N) is 1. The summed E-state index contributed by atoms with van der Waals surface area (Å²) in [4.78, 5) is 0. The van der Waals surface area contributed by atoms with Crippen LogP contribution in [-0.4, -0.2) is 26.3 Å². The molecule has 0 aliphatic carbocycles. The Bertz CT molecular complexity index is 389. The summed E-state index contributed by atoms with van der Waals surface area (Å²) < 4.78 is 22.9. The van der Waals surface area contributed by atoms with Gasteiger partial charge in [0.1, 0.15) is 0 Å². The first-order valence-corrected chi connectivity index (χ1v) is 6.28. The van der Waals surface area contributed by atoms with Gasteiger partial charge in [-0.1, -0.05) is 30.3 Å². The Morgan fingerprint density at radius 2 is 1.87 bits per heavy atom. The van der Waals surface area contributed by atoms with E-state index in [2.05, 4.69) is 0 Å². The van der Waals surface area contributed by atoms with Crippen molar-refractivity contribution in [2.24, 2.45) is 5.14 Å². The minimum absolute atomic E-state index is 0.452. The zero-order chi connectivity index (χ0) is 11.3. The number of nitrogens with zero attached hydrogens (tertiary/aromatic N) is 1. The van der Waals surface area contributed by atoms with Crippen molar-refractivity contribution in [1.82, 2.24) is 4.31 Å². The standard InChI is InChI=1S/C10H16N2O2S/c1-12(15(11,13)14)9-5-8-10-6-3-2-4-7-10/h2-4,6-7H,5,8-9H2,1H3,(H2,11,13,14). The van der Waals surface area contributed by atoms with E-state index in [0.29, 0.717) is 6.54 Å². The second kappa shape index (κ2) is 5.25. The van der Waals surface area contributed by atoms with E-state index in [1.165, 1.54) is 12.6 Å². The Labute approximate surface area is 90.9 Å². The molecule has 0 aliphatic heterocycles. The second-order valence-electron chi connectivity index (χ2n) is 3.46. The average molecular weight is 228 g/mol. The average Bonchev–Trinajstić information content (AvgIpc) is 2.18. The molecule has 0 heterocycles. The van der Waals surface area contributed by atoms with Crippen LogP contribution in [0.25, 0.3) is 0 Å². The van der Waals surface area contributed by atoms with Gasteiger partial charge >= 0.3 is 0 Å². The van der Waals surface area contributed by atoms with Gasteiger partial charge < -0.3 is 0 Å². The lowest BCUT2D eigenvalue weighted by molar-refractivity contribution is 0.462. The quantitative estimate of drug-likeness (QED) is 0.808. The Balaban J connectivity index is 2.35. The largest absolute Gasteiger partial charge is 0.276 e. The van der Waals surface area contributed by atoms with Crippen LogP contribution < -0.4 is 5.14 Å². The molecule has 1 aromatic carbocycles. The molecule has 15 heavy (non-hydrogen) atoms. The number of hydrogen-bond acceptors (Lipinski definition) is 2. The van der Waals surface area contributed by atoms with Crippen molar-refractivity contribution in [2.75, 3.05) is 13.6 Å². The molecule has 1 aromatic rings. The molecule has 0 atom stereocenters. The van der Waals surface area contributed by atoms with Gasteiger partial charge in [-0.25, -0.2) is 5.14 Å². The number of rotatable bonds is 5. The van der Waals surface area contributed by atoms with Gasteiger partial charge in [0, 0.05) is 13.6 Å². The predicted octanol–water partition coefficient (Wildman–Crippen LogP) is 0.755. The maximum absolute atomic E-state index is 10.9. The molecule has 1 rings (SSSR count). The van der Waals surface area contributed by atoms with Gasteiger partial charge in [-0.2, -0.15) is 12.7 Å². The zero-order valence-corrected chi connectivity index (χ0v) is 9.57. The zero-order valence-electron chi connectivity index (χ0n) is 8.76. The van der Waals surface area contributed by atoms with E-state index < -0.39 is 10.2 Å². The Hall–Kier alpha value is -0.910. The van der Waals surface area contributed by atoms with Crippen LogP contribution >= 0.6 is 0 Å². The van der Waals surface area contributed by atoms with Crippen molar-refractivity contribution in [1.29, 1.82) is 0 Å². The third-order valence-electron chi connectivity index (χ3n) is 2.22. The van der Waals surface area contributed by atoms with Crippen LogP contribution in [0.5, 0.6) is 0 Å². The summed E-state index contributed by atoms with van der Waals surface area (Å²) in [5, 5.41) is 4.96. The molecule has 0 aromatic heterocycles. The van der Waals surface area contributed by atoms with Gasteiger partial charge in [0.2, 0.25) is 0 Å². The highest BCUT2D eigenvalue weighted by atomic mass is 32.2. The number of benzene rings is 1. The number of aryl methyl sites for hydroxylation is 1. The van der Waals surface area contributed by atoms with Gasteiger partial charge in [-0.3, -0.25) is 0 Å². The van der Waals surface area contributed by atoms with Gasteiger partial charge in [0.15, 0.2) is 0 Å². The van der Waals surface area contributed by atoms with Gasteiger partial charge in [0.25, 0.3) is 10.2 Å². The van der Waals surface area contributed by atoms with Crippen LogP contribution in [0, 0.1) is 0 Å². The molecule has 0 fully saturated rings. The first-order chi connectivity index (χ1) is 7.00. The molecule has 0 bridgehead atoms. The van der Waals surface area contributed by atoms with Crippen LogP contribution in [0.2, 0.25) is 0 Å². The van der Waals surface area contributed by atoms with Crippen molar-refractivity contribution in [3.05, 3.63) is 35.9 Å². The fourth-order valence-electron chi connectivity index (χ4n) is 1.28. The Morgan fingerprint density at radius 1 is 1.27 bits per heavy atom. The van der Waals surface area contributed by atoms with E-state index in [4.69, 9.17) is 5.14 Å². The van der Waals surface area contributed by atoms with Crippen LogP contribution in [-0.2, 0) is 16.6 Å². The van der Waals surface area contributed by atoms with Gasteiger partial charge in [-0.05, 0) is 18.4 Å². The van der Waals surface area contributed by atoms with E-state index in [9.17, 15) is 8.42 Å². The predicted molar refractivity (Wildman–Crippen MR) is 60.5 cm³/mol. The summed E-state index contributed by atoms with van der Waals surface area (Å²) in [6.45, 7) is 0.452. The fraction of sp³-hybridized carbons (Fsp3) is 0.400. The fourth-order valence-corrected chi connectivity index (χ4v) is 1.66. The van der Waals surface area contributed by atoms with Crippen molar-refractivity contribution >= 4 is 10.2 Å². The van der Waals surface area contributed by atoms with Crippen LogP contribution in [0.4, 0.5) is 0 Å². The van der Waals surface area contributed by atoms with E-state index >= 15 is 0 Å². The Morgan fingerprint density at radius 3 is 2.40 bits per heavy atom. The lowest BCUT2D eigenvalue weighted by atomic mass is 10.1. The van der Waals surface area contributed by atoms with E-state index in [1.807, 2.05) is 30.3 Å².